The summed E-state index contributed by atoms with van der Waals surface area (Å²) in [7, 11) is 0. The molecular weight excluding hydrogens is 275 g/mol. The molecule has 2 aliphatic carbocycles. The van der Waals surface area contributed by atoms with Crippen molar-refractivity contribution >= 4 is 0 Å². The number of fused-ring (bicyclic) bond motifs is 2. The van der Waals surface area contributed by atoms with Crippen LogP contribution in [0.3, 0.4) is 0 Å². The Bertz CT molecular complexity index is 565. The van der Waals surface area contributed by atoms with Crippen LogP contribution in [0.25, 0.3) is 0 Å². The molecule has 21 heavy (non-hydrogen) atoms. The van der Waals surface area contributed by atoms with E-state index in [1.807, 2.05) is 0 Å². The van der Waals surface area contributed by atoms with Crippen LogP contribution in [0.2, 0.25) is 0 Å². The molecule has 0 saturated heterocycles. The Hall–Kier alpha value is -1.03. The third-order valence-corrected chi connectivity index (χ3v) is 5.86. The number of nitrogens with one attached hydrogen (secondary N) is 1. The number of hydrogen-bond donors (Lipinski definition) is 1. The first-order chi connectivity index (χ1) is 9.74. The van der Waals surface area contributed by atoms with E-state index in [1.165, 1.54) is 19.3 Å². The second kappa shape index (κ2) is 4.73. The van der Waals surface area contributed by atoms with Crippen molar-refractivity contribution in [3.63, 3.8) is 0 Å². The van der Waals surface area contributed by atoms with Crippen LogP contribution < -0.4 is 5.32 Å². The van der Waals surface area contributed by atoms with Crippen molar-refractivity contribution < 1.29 is 13.2 Å². The van der Waals surface area contributed by atoms with Gasteiger partial charge in [0.05, 0.1) is 0 Å². The highest BCUT2D eigenvalue weighted by Crippen LogP contribution is 2.62. The summed E-state index contributed by atoms with van der Waals surface area (Å²) in [4.78, 5) is 0. The molecule has 3 rings (SSSR count). The van der Waals surface area contributed by atoms with E-state index in [9.17, 15) is 13.2 Å². The summed E-state index contributed by atoms with van der Waals surface area (Å²) in [5.74, 6) is -2.13. The molecule has 0 aliphatic heterocycles. The van der Waals surface area contributed by atoms with Gasteiger partial charge in [0.15, 0.2) is 11.6 Å². The van der Waals surface area contributed by atoms with Gasteiger partial charge < -0.3 is 5.32 Å². The summed E-state index contributed by atoms with van der Waals surface area (Å²) < 4.78 is 40.0. The summed E-state index contributed by atoms with van der Waals surface area (Å²) in [6.45, 7) is 7.02. The zero-order valence-electron chi connectivity index (χ0n) is 12.8. The van der Waals surface area contributed by atoms with Crippen molar-refractivity contribution in [1.29, 1.82) is 0 Å². The first kappa shape index (κ1) is 14.9. The first-order valence-corrected chi connectivity index (χ1v) is 7.61. The van der Waals surface area contributed by atoms with Crippen LogP contribution in [0.4, 0.5) is 13.2 Å². The maximum atomic E-state index is 13.7. The van der Waals surface area contributed by atoms with Gasteiger partial charge in [0.25, 0.3) is 0 Å². The average molecular weight is 297 g/mol. The molecule has 2 saturated carbocycles. The second-order valence-electron chi connectivity index (χ2n) is 7.59. The number of rotatable bonds is 3. The van der Waals surface area contributed by atoms with Crippen LogP contribution in [0, 0.1) is 34.2 Å². The van der Waals surface area contributed by atoms with Crippen LogP contribution in [0.15, 0.2) is 12.1 Å². The molecule has 4 heteroatoms. The molecule has 0 radical (unpaired) electrons. The molecule has 0 aromatic heterocycles. The van der Waals surface area contributed by atoms with E-state index in [2.05, 4.69) is 26.1 Å². The quantitative estimate of drug-likeness (QED) is 0.815. The molecule has 3 atom stereocenters. The van der Waals surface area contributed by atoms with Crippen LogP contribution in [0.5, 0.6) is 0 Å². The van der Waals surface area contributed by atoms with Gasteiger partial charge in [0.1, 0.15) is 5.82 Å². The van der Waals surface area contributed by atoms with Crippen LogP contribution in [0.1, 0.15) is 45.6 Å². The van der Waals surface area contributed by atoms with Gasteiger partial charge in [-0.25, -0.2) is 13.2 Å². The standard InChI is InChI=1S/C17H22F3N/c1-16(2)11-4-5-17(3,8-11)15(16)21-9-10-6-13(19)14(20)7-12(10)18/h6-7,11,15,21H,4-5,8-9H2,1-3H3. The Labute approximate surface area is 123 Å². The summed E-state index contributed by atoms with van der Waals surface area (Å²) in [6.07, 6.45) is 3.62. The van der Waals surface area contributed by atoms with Gasteiger partial charge in [-0.2, -0.15) is 0 Å². The van der Waals surface area contributed by atoms with Crippen LogP contribution in [-0.4, -0.2) is 6.04 Å². The molecular formula is C17H22F3N. The number of halogens is 3. The summed E-state index contributed by atoms with van der Waals surface area (Å²) >= 11 is 0. The van der Waals surface area contributed by atoms with Gasteiger partial charge in [-0.15, -0.1) is 0 Å². The van der Waals surface area contributed by atoms with Crippen molar-refractivity contribution in [2.75, 3.05) is 0 Å². The molecule has 116 valence electrons. The Morgan fingerprint density at radius 1 is 1.10 bits per heavy atom. The maximum absolute atomic E-state index is 13.7. The van der Waals surface area contributed by atoms with Crippen LogP contribution in [-0.2, 0) is 6.54 Å². The molecule has 0 heterocycles. The molecule has 0 spiro atoms. The SMILES string of the molecule is CC12CCC(C1)C(C)(C)C2NCc1cc(F)c(F)cc1F. The molecule has 2 fully saturated rings. The zero-order chi connectivity index (χ0) is 15.4. The molecule has 1 nitrogen and oxygen atoms in total. The molecule has 2 bridgehead atoms. The topological polar surface area (TPSA) is 12.0 Å². The lowest BCUT2D eigenvalue weighted by Gasteiger charge is -2.43. The van der Waals surface area contributed by atoms with Gasteiger partial charge >= 0.3 is 0 Å². The van der Waals surface area contributed by atoms with Crippen molar-refractivity contribution in [1.82, 2.24) is 5.32 Å². The minimum Gasteiger partial charge on any atom is -0.309 e. The van der Waals surface area contributed by atoms with Crippen LogP contribution >= 0.6 is 0 Å². The maximum Gasteiger partial charge on any atom is 0.161 e. The van der Waals surface area contributed by atoms with Gasteiger partial charge in [-0.3, -0.25) is 0 Å². The van der Waals surface area contributed by atoms with E-state index in [0.717, 1.165) is 6.07 Å². The fourth-order valence-corrected chi connectivity index (χ4v) is 4.72. The highest BCUT2D eigenvalue weighted by molar-refractivity contribution is 5.21. The Kier molecular flexibility index (Phi) is 3.36. The van der Waals surface area contributed by atoms with Gasteiger partial charge in [0.2, 0.25) is 0 Å². The van der Waals surface area contributed by atoms with E-state index >= 15 is 0 Å². The molecule has 1 N–H and O–H groups in total. The molecule has 3 unspecified atom stereocenters. The average Bonchev–Trinajstić information content (AvgIpc) is 2.86. The van der Waals surface area contributed by atoms with Crippen molar-refractivity contribution in [2.45, 2.75) is 52.6 Å². The number of hydrogen-bond acceptors (Lipinski definition) is 1. The van der Waals surface area contributed by atoms with E-state index < -0.39 is 17.5 Å². The van der Waals surface area contributed by atoms with Gasteiger partial charge in [-0.1, -0.05) is 20.8 Å². The lowest BCUT2D eigenvalue weighted by molar-refractivity contribution is 0.107. The van der Waals surface area contributed by atoms with E-state index in [4.69, 9.17) is 0 Å². The second-order valence-corrected chi connectivity index (χ2v) is 7.59. The zero-order valence-corrected chi connectivity index (χ0v) is 12.8. The van der Waals surface area contributed by atoms with Gasteiger partial charge in [0, 0.05) is 24.2 Å². The van der Waals surface area contributed by atoms with Crippen molar-refractivity contribution in [3.8, 4) is 0 Å². The van der Waals surface area contributed by atoms with E-state index in [1.54, 1.807) is 0 Å². The smallest absolute Gasteiger partial charge is 0.161 e. The molecule has 1 aromatic carbocycles. The predicted octanol–water partition coefficient (Wildman–Crippen LogP) is 4.41. The Morgan fingerprint density at radius 3 is 2.38 bits per heavy atom. The first-order valence-electron chi connectivity index (χ1n) is 7.61. The predicted molar refractivity (Wildman–Crippen MR) is 76.2 cm³/mol. The highest BCUT2D eigenvalue weighted by Gasteiger charge is 2.58. The van der Waals surface area contributed by atoms with Crippen molar-refractivity contribution in [2.24, 2.45) is 16.7 Å². The Morgan fingerprint density at radius 2 is 1.76 bits per heavy atom. The third kappa shape index (κ3) is 2.28. The molecule has 0 amide bonds. The van der Waals surface area contributed by atoms with E-state index in [0.29, 0.717) is 12.0 Å². The summed E-state index contributed by atoms with van der Waals surface area (Å²) in [5.41, 5.74) is 0.571. The molecule has 1 aromatic rings. The lowest BCUT2D eigenvalue weighted by atomic mass is 9.68. The fourth-order valence-electron chi connectivity index (χ4n) is 4.72. The normalized spacial score (nSPS) is 33.6. The highest BCUT2D eigenvalue weighted by atomic mass is 19.2. The monoisotopic (exact) mass is 297 g/mol. The van der Waals surface area contributed by atoms with Gasteiger partial charge in [-0.05, 0) is 42.1 Å². The van der Waals surface area contributed by atoms with Crippen molar-refractivity contribution in [3.05, 3.63) is 35.1 Å². The molecule has 2 aliphatic rings. The minimum absolute atomic E-state index is 0.155. The lowest BCUT2D eigenvalue weighted by Crippen LogP contribution is -2.50. The summed E-state index contributed by atoms with van der Waals surface area (Å²) in [5, 5.41) is 3.42. The Balaban J connectivity index is 1.78. The fraction of sp³-hybridized carbons (Fsp3) is 0.647. The third-order valence-electron chi connectivity index (χ3n) is 5.86. The van der Waals surface area contributed by atoms with E-state index in [-0.39, 0.29) is 29.0 Å². The number of benzene rings is 1. The minimum atomic E-state index is -1.14. The summed E-state index contributed by atoms with van der Waals surface area (Å²) in [6, 6.07) is 1.86. The largest absolute Gasteiger partial charge is 0.309 e.